The highest BCUT2D eigenvalue weighted by Gasteiger charge is 2.17. The molecule has 0 bridgehead atoms. The van der Waals surface area contributed by atoms with Gasteiger partial charge in [0.15, 0.2) is 0 Å². The Hall–Kier alpha value is -1.77. The van der Waals surface area contributed by atoms with Crippen molar-refractivity contribution in [3.05, 3.63) is 62.3 Å². The second-order valence-electron chi connectivity index (χ2n) is 4.99. The molecule has 0 aliphatic rings. The fourth-order valence-corrected chi connectivity index (χ4v) is 4.33. The number of sulfonamides is 1. The van der Waals surface area contributed by atoms with E-state index in [0.29, 0.717) is 12.0 Å². The van der Waals surface area contributed by atoms with Crippen molar-refractivity contribution in [2.45, 2.75) is 25.1 Å². The van der Waals surface area contributed by atoms with Crippen LogP contribution < -0.4 is 4.72 Å². The molecule has 2 aromatic rings. The maximum Gasteiger partial charge on any atom is 0.269 e. The van der Waals surface area contributed by atoms with Gasteiger partial charge < -0.3 is 0 Å². The third-order valence-electron chi connectivity index (χ3n) is 2.95. The smallest absolute Gasteiger partial charge is 0.258 e. The molecule has 0 saturated heterocycles. The van der Waals surface area contributed by atoms with E-state index in [1.54, 1.807) is 24.3 Å². The van der Waals surface area contributed by atoms with Gasteiger partial charge in [-0.15, -0.1) is 11.3 Å². The van der Waals surface area contributed by atoms with Gasteiger partial charge in [-0.2, -0.15) is 0 Å². The molecule has 0 fully saturated rings. The van der Waals surface area contributed by atoms with Gasteiger partial charge >= 0.3 is 0 Å². The topological polar surface area (TPSA) is 89.3 Å². The van der Waals surface area contributed by atoms with Crippen LogP contribution in [-0.4, -0.2) is 19.4 Å². The van der Waals surface area contributed by atoms with Crippen molar-refractivity contribution >= 4 is 27.0 Å². The fraction of sp³-hybridized carbons (Fsp3) is 0.286. The molecule has 6 nitrogen and oxygen atoms in total. The quantitative estimate of drug-likeness (QED) is 0.620. The Labute approximate surface area is 133 Å². The minimum atomic E-state index is -3.55. The molecule has 0 amide bonds. The number of nitro groups is 1. The van der Waals surface area contributed by atoms with Crippen LogP contribution in [0.2, 0.25) is 0 Å². The molecule has 2 rings (SSSR count). The summed E-state index contributed by atoms with van der Waals surface area (Å²) in [7, 11) is -3.55. The lowest BCUT2D eigenvalue weighted by molar-refractivity contribution is -0.384. The largest absolute Gasteiger partial charge is 0.269 e. The van der Waals surface area contributed by atoms with Crippen molar-refractivity contribution in [1.82, 2.24) is 4.72 Å². The lowest BCUT2D eigenvalue weighted by Crippen LogP contribution is -2.34. The van der Waals surface area contributed by atoms with Gasteiger partial charge in [-0.3, -0.25) is 10.1 Å². The van der Waals surface area contributed by atoms with Gasteiger partial charge in [-0.1, -0.05) is 18.2 Å². The Kier molecular flexibility index (Phi) is 5.28. The molecule has 118 valence electrons. The maximum absolute atomic E-state index is 12.1. The molecule has 1 N–H and O–H groups in total. The highest BCUT2D eigenvalue weighted by molar-refractivity contribution is 7.88. The highest BCUT2D eigenvalue weighted by Crippen LogP contribution is 2.16. The summed E-state index contributed by atoms with van der Waals surface area (Å²) >= 11 is 1.58. The van der Waals surface area contributed by atoms with E-state index in [-0.39, 0.29) is 17.5 Å². The number of non-ortho nitro benzene ring substituents is 1. The van der Waals surface area contributed by atoms with Gasteiger partial charge in [-0.05, 0) is 30.4 Å². The average Bonchev–Trinajstić information content (AvgIpc) is 2.90. The van der Waals surface area contributed by atoms with Crippen molar-refractivity contribution < 1.29 is 13.3 Å². The Morgan fingerprint density at radius 3 is 2.73 bits per heavy atom. The fourth-order valence-electron chi connectivity index (χ4n) is 2.10. The van der Waals surface area contributed by atoms with E-state index in [0.717, 1.165) is 4.88 Å². The van der Waals surface area contributed by atoms with Gasteiger partial charge in [0.1, 0.15) is 0 Å². The predicted molar refractivity (Wildman–Crippen MR) is 86.3 cm³/mol. The van der Waals surface area contributed by atoms with Crippen LogP contribution in [0.25, 0.3) is 0 Å². The Balaban J connectivity index is 2.01. The van der Waals surface area contributed by atoms with Gasteiger partial charge in [0.05, 0.1) is 10.7 Å². The van der Waals surface area contributed by atoms with Crippen molar-refractivity contribution in [3.63, 3.8) is 0 Å². The van der Waals surface area contributed by atoms with Crippen molar-refractivity contribution in [3.8, 4) is 0 Å². The van der Waals surface area contributed by atoms with Crippen molar-refractivity contribution in [2.75, 3.05) is 0 Å². The summed E-state index contributed by atoms with van der Waals surface area (Å²) in [6.07, 6.45) is 0.617. The number of nitrogens with zero attached hydrogens (tertiary/aromatic N) is 1. The zero-order chi connectivity index (χ0) is 16.2. The molecule has 0 aliphatic carbocycles. The first-order valence-corrected chi connectivity index (χ1v) is 9.14. The third kappa shape index (κ3) is 4.90. The molecule has 1 atom stereocenters. The summed E-state index contributed by atoms with van der Waals surface area (Å²) in [5.41, 5.74) is 0.282. The van der Waals surface area contributed by atoms with E-state index < -0.39 is 14.9 Å². The number of nitrogens with one attached hydrogen (secondary N) is 1. The van der Waals surface area contributed by atoms with Gasteiger partial charge in [0.25, 0.3) is 5.69 Å². The molecular weight excluding hydrogens is 324 g/mol. The van der Waals surface area contributed by atoms with Crippen LogP contribution in [0.15, 0.2) is 41.8 Å². The highest BCUT2D eigenvalue weighted by atomic mass is 32.2. The molecule has 0 radical (unpaired) electrons. The normalized spacial score (nSPS) is 13.0. The van der Waals surface area contributed by atoms with Crippen LogP contribution in [-0.2, 0) is 22.2 Å². The predicted octanol–water partition coefficient (Wildman–Crippen LogP) is 2.71. The SMILES string of the molecule is C[C@H](Cc1cccs1)NS(=O)(=O)Cc1cccc([N+](=O)[O-])c1. The number of nitro benzene ring substituents is 1. The van der Waals surface area contributed by atoms with Crippen LogP contribution in [0.4, 0.5) is 5.69 Å². The van der Waals surface area contributed by atoms with E-state index >= 15 is 0 Å². The van der Waals surface area contributed by atoms with E-state index in [1.807, 2.05) is 17.5 Å². The second-order valence-corrected chi connectivity index (χ2v) is 7.77. The molecule has 0 unspecified atom stereocenters. The Bertz CT molecular complexity index is 742. The minimum Gasteiger partial charge on any atom is -0.258 e. The van der Waals surface area contributed by atoms with Crippen LogP contribution >= 0.6 is 11.3 Å². The Morgan fingerprint density at radius 1 is 1.32 bits per heavy atom. The lowest BCUT2D eigenvalue weighted by Gasteiger charge is -2.13. The van der Waals surface area contributed by atoms with E-state index in [1.165, 1.54) is 18.2 Å². The van der Waals surface area contributed by atoms with Crippen LogP contribution in [0.3, 0.4) is 0 Å². The molecule has 0 aliphatic heterocycles. The maximum atomic E-state index is 12.1. The molecule has 0 saturated carbocycles. The number of hydrogen-bond donors (Lipinski definition) is 1. The summed E-state index contributed by atoms with van der Waals surface area (Å²) in [6, 6.07) is 9.31. The summed E-state index contributed by atoms with van der Waals surface area (Å²) in [5, 5.41) is 12.7. The lowest BCUT2D eigenvalue weighted by atomic mass is 10.2. The first-order chi connectivity index (χ1) is 10.4. The second kappa shape index (κ2) is 6.99. The van der Waals surface area contributed by atoms with Crippen LogP contribution in [0.1, 0.15) is 17.4 Å². The zero-order valence-electron chi connectivity index (χ0n) is 11.9. The first-order valence-electron chi connectivity index (χ1n) is 6.61. The monoisotopic (exact) mass is 340 g/mol. The summed E-state index contributed by atoms with van der Waals surface area (Å²) in [6.45, 7) is 1.80. The number of rotatable bonds is 7. The third-order valence-corrected chi connectivity index (χ3v) is 5.32. The van der Waals surface area contributed by atoms with E-state index in [2.05, 4.69) is 4.72 Å². The standard InChI is InChI=1S/C14H16N2O4S2/c1-11(8-14-6-3-7-21-14)15-22(19,20)10-12-4-2-5-13(9-12)16(17)18/h2-7,9,11,15H,8,10H2,1H3/t11-/m1/s1. The molecular formula is C14H16N2O4S2. The molecule has 8 heteroatoms. The average molecular weight is 340 g/mol. The number of thiophene rings is 1. The summed E-state index contributed by atoms with van der Waals surface area (Å²) in [5.74, 6) is -0.274. The van der Waals surface area contributed by atoms with Crippen LogP contribution in [0.5, 0.6) is 0 Å². The van der Waals surface area contributed by atoms with Gasteiger partial charge in [0, 0.05) is 23.1 Å². The number of hydrogen-bond acceptors (Lipinski definition) is 5. The molecule has 1 aromatic carbocycles. The first kappa shape index (κ1) is 16.6. The number of benzene rings is 1. The molecule has 1 aromatic heterocycles. The van der Waals surface area contributed by atoms with Crippen molar-refractivity contribution in [2.24, 2.45) is 0 Å². The molecule has 22 heavy (non-hydrogen) atoms. The van der Waals surface area contributed by atoms with E-state index in [4.69, 9.17) is 0 Å². The summed E-state index contributed by atoms with van der Waals surface area (Å²) in [4.78, 5) is 11.3. The van der Waals surface area contributed by atoms with E-state index in [9.17, 15) is 18.5 Å². The molecule has 1 heterocycles. The zero-order valence-corrected chi connectivity index (χ0v) is 13.6. The van der Waals surface area contributed by atoms with Gasteiger partial charge in [-0.25, -0.2) is 13.1 Å². The van der Waals surface area contributed by atoms with Crippen LogP contribution in [0, 0.1) is 10.1 Å². The Morgan fingerprint density at radius 2 is 2.09 bits per heavy atom. The summed E-state index contributed by atoms with van der Waals surface area (Å²) < 4.78 is 26.9. The minimum absolute atomic E-state index is 0.112. The van der Waals surface area contributed by atoms with Gasteiger partial charge in [0.2, 0.25) is 10.0 Å². The van der Waals surface area contributed by atoms with Crippen molar-refractivity contribution in [1.29, 1.82) is 0 Å². The molecule has 0 spiro atoms.